The Bertz CT molecular complexity index is 1160. The first-order chi connectivity index (χ1) is 16.2. The number of H-pyrrole nitrogens is 1. The fraction of sp³-hybridized carbons (Fsp3) is 0.375. The van der Waals surface area contributed by atoms with Gasteiger partial charge in [0, 0.05) is 11.9 Å². The van der Waals surface area contributed by atoms with E-state index in [0.29, 0.717) is 24.5 Å². The Morgan fingerprint density at radius 3 is 2.62 bits per heavy atom. The molecule has 0 amide bonds. The van der Waals surface area contributed by atoms with Gasteiger partial charge in [-0.3, -0.25) is 10.4 Å². The Morgan fingerprint density at radius 2 is 1.97 bits per heavy atom. The maximum absolute atomic E-state index is 12.6. The van der Waals surface area contributed by atoms with Crippen LogP contribution in [0.4, 0.5) is 18.9 Å². The van der Waals surface area contributed by atoms with Gasteiger partial charge < -0.3 is 10.0 Å². The summed E-state index contributed by atoms with van der Waals surface area (Å²) in [6, 6.07) is 14.0. The summed E-state index contributed by atoms with van der Waals surface area (Å²) in [6.45, 7) is 2.69. The van der Waals surface area contributed by atoms with Crippen LogP contribution in [0.3, 0.4) is 0 Å². The second kappa shape index (κ2) is 10.0. The molecule has 1 aliphatic rings. The lowest BCUT2D eigenvalue weighted by atomic mass is 9.89. The third-order valence-electron chi connectivity index (χ3n) is 6.32. The minimum absolute atomic E-state index is 0.279. The maximum atomic E-state index is 12.6. The number of likely N-dealkylation sites (tertiary alicyclic amines) is 1. The molecule has 5 N–H and O–H groups in total. The Morgan fingerprint density at radius 1 is 1.26 bits per heavy atom. The van der Waals surface area contributed by atoms with E-state index in [4.69, 9.17) is 5.53 Å². The van der Waals surface area contributed by atoms with Crippen LogP contribution in [0.2, 0.25) is 0 Å². The van der Waals surface area contributed by atoms with Gasteiger partial charge in [0.25, 0.3) is 0 Å². The number of alkyl halides is 3. The number of benzene rings is 2. The fourth-order valence-corrected chi connectivity index (χ4v) is 4.35. The van der Waals surface area contributed by atoms with Crippen LogP contribution in [0.1, 0.15) is 35.6 Å². The third-order valence-corrected chi connectivity index (χ3v) is 6.32. The summed E-state index contributed by atoms with van der Waals surface area (Å²) in [5.74, 6) is 0.279. The van der Waals surface area contributed by atoms with Gasteiger partial charge in [-0.15, -0.1) is 0 Å². The number of aryl methyl sites for hydroxylation is 1. The largest absolute Gasteiger partial charge is 0.415 e. The van der Waals surface area contributed by atoms with E-state index >= 15 is 0 Å². The van der Waals surface area contributed by atoms with E-state index in [2.05, 4.69) is 15.3 Å². The number of aromatic amines is 1. The second-order valence-corrected chi connectivity index (χ2v) is 8.75. The number of nitrogens with zero attached hydrogens (tertiary/aromatic N) is 3. The number of rotatable bonds is 7. The summed E-state index contributed by atoms with van der Waals surface area (Å²) >= 11 is 0. The number of halogens is 3. The molecule has 10 heteroatoms. The lowest BCUT2D eigenvalue weighted by Gasteiger charge is -2.33. The van der Waals surface area contributed by atoms with Crippen molar-refractivity contribution in [2.45, 2.75) is 38.0 Å². The summed E-state index contributed by atoms with van der Waals surface area (Å²) in [6.07, 6.45) is -3.60. The molecule has 0 radical (unpaired) electrons. The zero-order chi connectivity index (χ0) is 24.3. The molecule has 3 aromatic rings. The number of aliphatic hydroxyl groups is 1. The van der Waals surface area contributed by atoms with Crippen molar-refractivity contribution >= 4 is 22.3 Å². The average Bonchev–Trinajstić information content (AvgIpc) is 3.23. The molecular formula is C24H28F3N6O+. The smallest absolute Gasteiger partial charge is 0.382 e. The Hall–Kier alpha value is -3.08. The summed E-state index contributed by atoms with van der Waals surface area (Å²) < 4.78 is 37.7. The number of nitrogens with one attached hydrogen (secondary N) is 2. The highest BCUT2D eigenvalue weighted by Crippen LogP contribution is 2.30. The van der Waals surface area contributed by atoms with E-state index in [1.807, 2.05) is 54.7 Å². The average molecular weight is 474 g/mol. The molecule has 2 heterocycles. The quantitative estimate of drug-likeness (QED) is 0.305. The number of aliphatic hydroxyl groups excluding tert-OH is 1. The summed E-state index contributed by atoms with van der Waals surface area (Å²) in [7, 11) is 0. The minimum atomic E-state index is -4.58. The first kappa shape index (κ1) is 24.1. The van der Waals surface area contributed by atoms with E-state index in [9.17, 15) is 18.3 Å². The number of fused-ring (bicyclic) bond motifs is 1. The Labute approximate surface area is 195 Å². The molecule has 1 aliphatic heterocycles. The van der Waals surface area contributed by atoms with Crippen LogP contribution in [-0.4, -0.2) is 52.1 Å². The summed E-state index contributed by atoms with van der Waals surface area (Å²) in [4.78, 5) is 1.67. The molecule has 1 saturated heterocycles. The molecule has 34 heavy (non-hydrogen) atoms. The van der Waals surface area contributed by atoms with Crippen molar-refractivity contribution in [3.63, 3.8) is 0 Å². The van der Waals surface area contributed by atoms with Crippen molar-refractivity contribution in [2.24, 2.45) is 5.11 Å². The van der Waals surface area contributed by atoms with E-state index in [1.54, 1.807) is 11.1 Å². The molecule has 2 aromatic carbocycles. The predicted molar refractivity (Wildman–Crippen MR) is 122 cm³/mol. The molecule has 180 valence electrons. The van der Waals surface area contributed by atoms with Crippen LogP contribution in [0.15, 0.2) is 53.8 Å². The van der Waals surface area contributed by atoms with Crippen LogP contribution in [0, 0.1) is 12.5 Å². The number of aromatic nitrogens is 2. The van der Waals surface area contributed by atoms with Crippen molar-refractivity contribution in [3.05, 3.63) is 65.5 Å². The first-order valence-corrected chi connectivity index (χ1v) is 11.2. The van der Waals surface area contributed by atoms with Crippen molar-refractivity contribution in [1.82, 2.24) is 15.1 Å². The molecule has 0 bridgehead atoms. The molecule has 0 aliphatic carbocycles. The molecule has 0 spiro atoms. The summed E-state index contributed by atoms with van der Waals surface area (Å²) in [5, 5.41) is 23.0. The van der Waals surface area contributed by atoms with Gasteiger partial charge in [-0.25, -0.2) is 5.53 Å². The van der Waals surface area contributed by atoms with Crippen molar-refractivity contribution in [2.75, 3.05) is 19.6 Å². The van der Waals surface area contributed by atoms with Crippen LogP contribution >= 0.6 is 0 Å². The standard InChI is InChI=1S/C24H27F3N6O/c1-15-2-7-19-20(12-15)31-32-23(19)21(30-28)13-29-18-5-3-16(4-6-18)17-8-10-33(11-9-17)14-22(34)24(25,26)27/h2-7,12-13,17,22,28-29,34H,8-11,14H2,1H3,(H,31,32)/p+1/b21-13-,30-28?. The van der Waals surface area contributed by atoms with Crippen molar-refractivity contribution in [1.29, 1.82) is 5.53 Å². The van der Waals surface area contributed by atoms with Crippen LogP contribution in [-0.2, 0) is 0 Å². The van der Waals surface area contributed by atoms with Gasteiger partial charge in [0.15, 0.2) is 11.8 Å². The van der Waals surface area contributed by atoms with Gasteiger partial charge in [0.05, 0.1) is 5.52 Å². The molecular weight excluding hydrogens is 445 g/mol. The number of nitrogens with two attached hydrogens (primary N) is 1. The van der Waals surface area contributed by atoms with Crippen LogP contribution in [0.25, 0.3) is 16.6 Å². The molecule has 1 aromatic heterocycles. The second-order valence-electron chi connectivity index (χ2n) is 8.75. The molecule has 0 saturated carbocycles. The van der Waals surface area contributed by atoms with E-state index in [0.717, 1.165) is 40.6 Å². The van der Waals surface area contributed by atoms with E-state index < -0.39 is 12.3 Å². The zero-order valence-corrected chi connectivity index (χ0v) is 18.8. The lowest BCUT2D eigenvalue weighted by Crippen LogP contribution is -2.71. The topological polar surface area (TPSA) is 105 Å². The monoisotopic (exact) mass is 473 g/mol. The molecule has 1 atom stereocenters. The highest BCUT2D eigenvalue weighted by Gasteiger charge is 2.39. The fourth-order valence-electron chi connectivity index (χ4n) is 4.35. The van der Waals surface area contributed by atoms with Gasteiger partial charge in [0.1, 0.15) is 17.6 Å². The highest BCUT2D eigenvalue weighted by molar-refractivity contribution is 5.90. The van der Waals surface area contributed by atoms with Crippen LogP contribution in [0.5, 0.6) is 0 Å². The normalized spacial score (nSPS) is 17.3. The highest BCUT2D eigenvalue weighted by atomic mass is 19.4. The van der Waals surface area contributed by atoms with Gasteiger partial charge in [-0.2, -0.15) is 23.4 Å². The number of β-amino-alcohol motifs (C(OH)–C–C–N with tert-alkyl or cyclic N) is 1. The zero-order valence-electron chi connectivity index (χ0n) is 18.8. The Balaban J connectivity index is 1.36. The van der Waals surface area contributed by atoms with E-state index in [-0.39, 0.29) is 12.5 Å². The lowest BCUT2D eigenvalue weighted by molar-refractivity contribution is -0.495. The van der Waals surface area contributed by atoms with Gasteiger partial charge in [-0.1, -0.05) is 24.3 Å². The molecule has 1 fully saturated rings. The van der Waals surface area contributed by atoms with Crippen molar-refractivity contribution in [3.8, 4) is 0 Å². The van der Waals surface area contributed by atoms with Gasteiger partial charge in [0.2, 0.25) is 0 Å². The van der Waals surface area contributed by atoms with Crippen LogP contribution < -0.4 is 5.32 Å². The number of quaternary nitrogens is 1. The predicted octanol–water partition coefficient (Wildman–Crippen LogP) is 4.20. The minimum Gasteiger partial charge on any atom is -0.382 e. The molecule has 7 nitrogen and oxygen atoms in total. The molecule has 4 rings (SSSR count). The summed E-state index contributed by atoms with van der Waals surface area (Å²) in [5.41, 5.74) is 12.8. The van der Waals surface area contributed by atoms with Gasteiger partial charge >= 0.3 is 6.18 Å². The number of hydrogen-bond acceptors (Lipinski definition) is 5. The van der Waals surface area contributed by atoms with E-state index in [1.165, 1.54) is 0 Å². The number of hydrogen-bond donors (Lipinski definition) is 4. The molecule has 1 unspecified atom stereocenters. The maximum Gasteiger partial charge on any atom is 0.415 e. The number of piperidine rings is 1. The van der Waals surface area contributed by atoms with Gasteiger partial charge in [-0.05, 0) is 68.1 Å². The first-order valence-electron chi connectivity index (χ1n) is 11.2. The SMILES string of the molecule is Cc1ccc2c(/C(=C/[NH2+]c3ccc(C4CCN(CC(O)C(F)(F)F)CC4)cc3)N=N)n[nH]c2c1. The third kappa shape index (κ3) is 5.52. The van der Waals surface area contributed by atoms with Crippen molar-refractivity contribution < 1.29 is 23.6 Å². The Kier molecular flexibility index (Phi) is 7.11.